The minimum absolute atomic E-state index is 0. The van der Waals surface area contributed by atoms with Crippen LogP contribution in [0.25, 0.3) is 0 Å². The van der Waals surface area contributed by atoms with Crippen LogP contribution in [0.15, 0.2) is 34.6 Å². The molecule has 0 atom stereocenters. The van der Waals surface area contributed by atoms with Crippen molar-refractivity contribution < 1.29 is 13.2 Å². The van der Waals surface area contributed by atoms with Crippen molar-refractivity contribution in [1.29, 1.82) is 0 Å². The Morgan fingerprint density at radius 3 is 2.63 bits per heavy atom. The van der Waals surface area contributed by atoms with Gasteiger partial charge in [-0.25, -0.2) is 4.98 Å². The summed E-state index contributed by atoms with van der Waals surface area (Å²) in [4.78, 5) is 7.72. The van der Waals surface area contributed by atoms with Crippen LogP contribution in [0.1, 0.15) is 29.1 Å². The van der Waals surface area contributed by atoms with Gasteiger partial charge >= 0.3 is 6.18 Å². The fourth-order valence-corrected chi connectivity index (χ4v) is 3.62. The lowest BCUT2D eigenvalue weighted by atomic mass is 9.96. The van der Waals surface area contributed by atoms with Crippen LogP contribution >= 0.6 is 46.9 Å². The quantitative estimate of drug-likeness (QED) is 0.331. The number of nitrogens with one attached hydrogen (secondary N) is 2. The van der Waals surface area contributed by atoms with Gasteiger partial charge in [-0.3, -0.25) is 4.99 Å². The van der Waals surface area contributed by atoms with Gasteiger partial charge in [0.05, 0.1) is 6.54 Å². The number of rotatable bonds is 5. The largest absolute Gasteiger partial charge is 0.434 e. The van der Waals surface area contributed by atoms with Crippen LogP contribution < -0.4 is 10.6 Å². The molecule has 2 aromatic rings. The lowest BCUT2D eigenvalue weighted by Crippen LogP contribution is -2.40. The number of aliphatic imine (C=N–C) groups is 1. The molecule has 1 aliphatic carbocycles. The predicted molar refractivity (Wildman–Crippen MR) is 113 cm³/mol. The molecule has 0 radical (unpaired) electrons. The highest BCUT2D eigenvalue weighted by atomic mass is 127. The van der Waals surface area contributed by atoms with Gasteiger partial charge in [-0.2, -0.15) is 13.2 Å². The number of guanidine groups is 1. The van der Waals surface area contributed by atoms with Crippen LogP contribution in [0.5, 0.6) is 0 Å². The average molecular weight is 531 g/mol. The molecule has 0 unspecified atom stereocenters. The number of aromatic nitrogens is 1. The van der Waals surface area contributed by atoms with Crippen molar-refractivity contribution >= 4 is 52.9 Å². The first-order valence-electron chi connectivity index (χ1n) is 8.05. The SMILES string of the molecule is CN=C(NCc1nc(C(F)(F)F)cs1)NCC1(c2cccc(Cl)c2)CC1.I. The Morgan fingerprint density at radius 2 is 2.07 bits per heavy atom. The second-order valence-corrected chi connectivity index (χ2v) is 7.57. The smallest absolute Gasteiger partial charge is 0.356 e. The van der Waals surface area contributed by atoms with Gasteiger partial charge in [0.25, 0.3) is 0 Å². The van der Waals surface area contributed by atoms with E-state index in [0.29, 0.717) is 22.5 Å². The zero-order chi connectivity index (χ0) is 18.8. The van der Waals surface area contributed by atoms with Crippen molar-refractivity contribution in [2.45, 2.75) is 31.0 Å². The van der Waals surface area contributed by atoms with E-state index in [1.54, 1.807) is 7.05 Å². The molecule has 148 valence electrons. The Balaban J connectivity index is 0.00000261. The highest BCUT2D eigenvalue weighted by Gasteiger charge is 2.44. The van der Waals surface area contributed by atoms with Gasteiger partial charge in [0.2, 0.25) is 0 Å². The van der Waals surface area contributed by atoms with E-state index >= 15 is 0 Å². The Kier molecular flexibility index (Phi) is 7.37. The van der Waals surface area contributed by atoms with Crippen molar-refractivity contribution in [3.63, 3.8) is 0 Å². The molecule has 0 saturated heterocycles. The summed E-state index contributed by atoms with van der Waals surface area (Å²) in [5.41, 5.74) is 0.357. The van der Waals surface area contributed by atoms with Crippen molar-refractivity contribution in [3.05, 3.63) is 50.9 Å². The Bertz CT molecular complexity index is 805. The van der Waals surface area contributed by atoms with E-state index in [4.69, 9.17) is 11.6 Å². The molecule has 1 aromatic heterocycles. The monoisotopic (exact) mass is 530 g/mol. The van der Waals surface area contributed by atoms with E-state index < -0.39 is 11.9 Å². The second kappa shape index (κ2) is 8.95. The standard InChI is InChI=1S/C17H18ClF3N4S.HI/c1-22-15(23-8-14-25-13(9-26-14)17(19,20)21)24-10-16(5-6-16)11-3-2-4-12(18)7-11;/h2-4,7,9H,5-6,8,10H2,1H3,(H2,22,23,24);1H. The third-order valence-electron chi connectivity index (χ3n) is 4.36. The van der Waals surface area contributed by atoms with Crippen LogP contribution in [-0.4, -0.2) is 24.5 Å². The molecule has 0 aliphatic heterocycles. The molecule has 1 aromatic carbocycles. The van der Waals surface area contributed by atoms with Crippen LogP contribution in [0.4, 0.5) is 13.2 Å². The van der Waals surface area contributed by atoms with Crippen LogP contribution in [0.2, 0.25) is 5.02 Å². The van der Waals surface area contributed by atoms with E-state index in [0.717, 1.165) is 29.6 Å². The summed E-state index contributed by atoms with van der Waals surface area (Å²) in [6.45, 7) is 0.864. The normalized spacial score (nSPS) is 15.8. The highest BCUT2D eigenvalue weighted by molar-refractivity contribution is 14.0. The number of halogens is 5. The predicted octanol–water partition coefficient (Wildman–Crippen LogP) is 4.83. The number of thiazole rings is 1. The molecular weight excluding hydrogens is 512 g/mol. The molecule has 1 aliphatic rings. The number of hydrogen-bond acceptors (Lipinski definition) is 3. The van der Waals surface area contributed by atoms with Crippen molar-refractivity contribution in [2.75, 3.05) is 13.6 Å². The lowest BCUT2D eigenvalue weighted by Gasteiger charge is -2.19. The van der Waals surface area contributed by atoms with E-state index in [-0.39, 0.29) is 35.9 Å². The summed E-state index contributed by atoms with van der Waals surface area (Å²) >= 11 is 7.05. The van der Waals surface area contributed by atoms with Gasteiger partial charge in [0, 0.05) is 29.4 Å². The first kappa shape index (κ1) is 22.2. The Morgan fingerprint density at radius 1 is 1.33 bits per heavy atom. The van der Waals surface area contributed by atoms with Crippen LogP contribution in [0.3, 0.4) is 0 Å². The third-order valence-corrected chi connectivity index (χ3v) is 5.44. The molecule has 0 spiro atoms. The zero-order valence-electron chi connectivity index (χ0n) is 14.4. The van der Waals surface area contributed by atoms with Gasteiger partial charge < -0.3 is 10.6 Å². The average Bonchev–Trinajstić information content (AvgIpc) is 3.22. The maximum absolute atomic E-state index is 12.6. The summed E-state index contributed by atoms with van der Waals surface area (Å²) in [6, 6.07) is 7.81. The Labute approximate surface area is 181 Å². The lowest BCUT2D eigenvalue weighted by molar-refractivity contribution is -0.140. The Hall–Kier alpha value is -1.07. The summed E-state index contributed by atoms with van der Waals surface area (Å²) < 4.78 is 37.8. The molecule has 4 nitrogen and oxygen atoms in total. The number of alkyl halides is 3. The van der Waals surface area contributed by atoms with E-state index in [1.165, 1.54) is 5.56 Å². The summed E-state index contributed by atoms with van der Waals surface area (Å²) in [5, 5.41) is 8.34. The summed E-state index contributed by atoms with van der Waals surface area (Å²) in [7, 11) is 1.62. The third kappa shape index (κ3) is 5.71. The molecule has 0 amide bonds. The van der Waals surface area contributed by atoms with E-state index in [9.17, 15) is 13.2 Å². The molecular formula is C17H19ClF3IN4S. The van der Waals surface area contributed by atoms with Crippen molar-refractivity contribution in [2.24, 2.45) is 4.99 Å². The number of hydrogen-bond donors (Lipinski definition) is 2. The van der Waals surface area contributed by atoms with Gasteiger partial charge in [0.15, 0.2) is 11.7 Å². The number of nitrogens with zero attached hydrogens (tertiary/aromatic N) is 2. The molecule has 10 heteroatoms. The topological polar surface area (TPSA) is 49.3 Å². The summed E-state index contributed by atoms with van der Waals surface area (Å²) in [5.74, 6) is 0.530. The van der Waals surface area contributed by atoms with Crippen molar-refractivity contribution in [1.82, 2.24) is 15.6 Å². The minimum atomic E-state index is -4.41. The molecule has 27 heavy (non-hydrogen) atoms. The highest BCUT2D eigenvalue weighted by Crippen LogP contribution is 2.48. The minimum Gasteiger partial charge on any atom is -0.356 e. The molecule has 1 heterocycles. The maximum Gasteiger partial charge on any atom is 0.434 e. The first-order chi connectivity index (χ1) is 12.3. The number of benzene rings is 1. The van der Waals surface area contributed by atoms with Gasteiger partial charge in [0.1, 0.15) is 5.01 Å². The molecule has 0 bridgehead atoms. The maximum atomic E-state index is 12.6. The van der Waals surface area contributed by atoms with E-state index in [2.05, 4.69) is 26.7 Å². The zero-order valence-corrected chi connectivity index (χ0v) is 18.3. The molecule has 1 saturated carbocycles. The fraction of sp³-hybridized carbons (Fsp3) is 0.412. The fourth-order valence-electron chi connectivity index (χ4n) is 2.69. The first-order valence-corrected chi connectivity index (χ1v) is 9.30. The summed E-state index contributed by atoms with van der Waals surface area (Å²) in [6.07, 6.45) is -2.30. The van der Waals surface area contributed by atoms with Gasteiger partial charge in [-0.1, -0.05) is 23.7 Å². The van der Waals surface area contributed by atoms with Crippen molar-refractivity contribution in [3.8, 4) is 0 Å². The van der Waals surface area contributed by atoms with E-state index in [1.807, 2.05) is 18.2 Å². The van der Waals surface area contributed by atoms with Gasteiger partial charge in [-0.05, 0) is 30.5 Å². The van der Waals surface area contributed by atoms with Crippen LogP contribution in [-0.2, 0) is 18.1 Å². The van der Waals surface area contributed by atoms with Crippen LogP contribution in [0, 0.1) is 0 Å². The molecule has 1 fully saturated rings. The molecule has 3 rings (SSSR count). The molecule has 2 N–H and O–H groups in total. The second-order valence-electron chi connectivity index (χ2n) is 6.19. The van der Waals surface area contributed by atoms with Gasteiger partial charge in [-0.15, -0.1) is 35.3 Å².